The van der Waals surface area contributed by atoms with Crippen LogP contribution < -0.4 is 0 Å². The second kappa shape index (κ2) is 4.28. The van der Waals surface area contributed by atoms with E-state index in [0.717, 1.165) is 6.07 Å². The van der Waals surface area contributed by atoms with Crippen molar-refractivity contribution in [3.63, 3.8) is 0 Å². The van der Waals surface area contributed by atoms with Crippen molar-refractivity contribution in [3.8, 4) is 5.75 Å². The monoisotopic (exact) mass is 266 g/mol. The summed E-state index contributed by atoms with van der Waals surface area (Å²) in [7, 11) is -4.54. The van der Waals surface area contributed by atoms with Crippen LogP contribution in [0, 0.1) is 0 Å². The lowest BCUT2D eigenvalue weighted by Gasteiger charge is -2.07. The van der Waals surface area contributed by atoms with Crippen molar-refractivity contribution in [1.82, 2.24) is 0 Å². The Hall–Kier alpha value is -1.31. The molecule has 0 atom stereocenters. The third-order valence-corrected chi connectivity index (χ3v) is 2.95. The standard InChI is InChI=1S/C8H7ClO6S/c9-3-4-1-5(16(13,14)15)2-6(7(4)10)8(11)12/h1-2,10H,3H2,(H,11,12)(H,13,14,15). The van der Waals surface area contributed by atoms with E-state index in [-0.39, 0.29) is 11.4 Å². The van der Waals surface area contributed by atoms with Gasteiger partial charge in [0.05, 0.1) is 10.8 Å². The molecular formula is C8H7ClO6S. The van der Waals surface area contributed by atoms with Crippen LogP contribution >= 0.6 is 11.6 Å². The molecule has 0 heterocycles. The maximum atomic E-state index is 10.8. The molecule has 1 aromatic carbocycles. The van der Waals surface area contributed by atoms with Gasteiger partial charge in [-0.3, -0.25) is 4.55 Å². The van der Waals surface area contributed by atoms with Crippen molar-refractivity contribution in [2.24, 2.45) is 0 Å². The average molecular weight is 267 g/mol. The number of rotatable bonds is 3. The number of carboxylic acids is 1. The number of phenols is 1. The summed E-state index contributed by atoms with van der Waals surface area (Å²) in [6.07, 6.45) is 0. The molecule has 3 N–H and O–H groups in total. The molecule has 0 spiro atoms. The van der Waals surface area contributed by atoms with Crippen LogP contribution in [0.1, 0.15) is 15.9 Å². The minimum absolute atomic E-state index is 0.0887. The molecule has 0 unspecified atom stereocenters. The number of hydrogen-bond acceptors (Lipinski definition) is 4. The van der Waals surface area contributed by atoms with E-state index in [1.807, 2.05) is 0 Å². The maximum Gasteiger partial charge on any atom is 0.339 e. The van der Waals surface area contributed by atoms with Crippen LogP contribution in [0.25, 0.3) is 0 Å². The fourth-order valence-electron chi connectivity index (χ4n) is 1.08. The fourth-order valence-corrected chi connectivity index (χ4v) is 1.84. The van der Waals surface area contributed by atoms with Gasteiger partial charge in [0.2, 0.25) is 0 Å². The molecule has 0 aliphatic rings. The molecule has 6 nitrogen and oxygen atoms in total. The molecule has 0 bridgehead atoms. The molecular weight excluding hydrogens is 260 g/mol. The summed E-state index contributed by atoms with van der Waals surface area (Å²) in [6, 6.07) is 1.56. The maximum absolute atomic E-state index is 10.8. The van der Waals surface area contributed by atoms with E-state index in [1.165, 1.54) is 0 Å². The van der Waals surface area contributed by atoms with E-state index in [1.54, 1.807) is 0 Å². The van der Waals surface area contributed by atoms with Crippen LogP contribution in [-0.4, -0.2) is 29.2 Å². The van der Waals surface area contributed by atoms with Crippen molar-refractivity contribution in [1.29, 1.82) is 0 Å². The Kier molecular flexibility index (Phi) is 3.41. The quantitative estimate of drug-likeness (QED) is 0.557. The van der Waals surface area contributed by atoms with Crippen molar-refractivity contribution >= 4 is 27.7 Å². The molecule has 0 aliphatic heterocycles. The zero-order chi connectivity index (χ0) is 12.5. The molecule has 16 heavy (non-hydrogen) atoms. The molecule has 0 aliphatic carbocycles. The SMILES string of the molecule is O=C(O)c1cc(S(=O)(=O)O)cc(CCl)c1O. The topological polar surface area (TPSA) is 112 Å². The third kappa shape index (κ3) is 2.43. The lowest BCUT2D eigenvalue weighted by Crippen LogP contribution is -2.05. The second-order valence-electron chi connectivity index (χ2n) is 2.89. The highest BCUT2D eigenvalue weighted by molar-refractivity contribution is 7.85. The van der Waals surface area contributed by atoms with Crippen molar-refractivity contribution in [2.45, 2.75) is 10.8 Å². The number of benzene rings is 1. The van der Waals surface area contributed by atoms with E-state index in [9.17, 15) is 18.3 Å². The predicted octanol–water partition coefficient (Wildman–Crippen LogP) is 1.08. The number of carbonyl (C=O) groups is 1. The first-order valence-electron chi connectivity index (χ1n) is 3.90. The molecule has 0 saturated heterocycles. The number of aromatic hydroxyl groups is 1. The van der Waals surface area contributed by atoms with E-state index < -0.39 is 32.3 Å². The fraction of sp³-hybridized carbons (Fsp3) is 0.125. The smallest absolute Gasteiger partial charge is 0.339 e. The normalized spacial score (nSPS) is 11.4. The zero-order valence-corrected chi connectivity index (χ0v) is 9.29. The van der Waals surface area contributed by atoms with Crippen LogP contribution in [0.15, 0.2) is 17.0 Å². The highest BCUT2D eigenvalue weighted by Crippen LogP contribution is 2.28. The average Bonchev–Trinajstić information content (AvgIpc) is 2.15. The van der Waals surface area contributed by atoms with E-state index >= 15 is 0 Å². The summed E-state index contributed by atoms with van der Waals surface area (Å²) in [4.78, 5) is 10.1. The highest BCUT2D eigenvalue weighted by atomic mass is 35.5. The molecule has 0 amide bonds. The Balaban J connectivity index is 3.59. The van der Waals surface area contributed by atoms with Crippen LogP contribution in [0.4, 0.5) is 0 Å². The van der Waals surface area contributed by atoms with Gasteiger partial charge in [0, 0.05) is 5.56 Å². The third-order valence-electron chi connectivity index (χ3n) is 1.83. The second-order valence-corrected chi connectivity index (χ2v) is 4.58. The summed E-state index contributed by atoms with van der Waals surface area (Å²) in [5, 5.41) is 18.1. The number of alkyl halides is 1. The van der Waals surface area contributed by atoms with Crippen LogP contribution in [0.3, 0.4) is 0 Å². The van der Waals surface area contributed by atoms with Gasteiger partial charge in [-0.15, -0.1) is 11.6 Å². The lowest BCUT2D eigenvalue weighted by atomic mass is 10.1. The summed E-state index contributed by atoms with van der Waals surface area (Å²) >= 11 is 5.40. The molecule has 1 aromatic rings. The summed E-state index contributed by atoms with van der Waals surface area (Å²) in [5.41, 5.74) is -0.722. The van der Waals surface area contributed by atoms with E-state index in [2.05, 4.69) is 0 Å². The molecule has 88 valence electrons. The minimum Gasteiger partial charge on any atom is -0.507 e. The Bertz CT molecular complexity index is 536. The van der Waals surface area contributed by atoms with Gasteiger partial charge >= 0.3 is 5.97 Å². The molecule has 0 radical (unpaired) electrons. The van der Waals surface area contributed by atoms with Gasteiger partial charge in [-0.05, 0) is 12.1 Å². The van der Waals surface area contributed by atoms with Gasteiger partial charge in [0.15, 0.2) is 0 Å². The van der Waals surface area contributed by atoms with Gasteiger partial charge in [-0.1, -0.05) is 0 Å². The van der Waals surface area contributed by atoms with Crippen molar-refractivity contribution < 1.29 is 28.0 Å². The summed E-state index contributed by atoms with van der Waals surface area (Å²) < 4.78 is 30.4. The van der Waals surface area contributed by atoms with E-state index in [0.29, 0.717) is 6.07 Å². The summed E-state index contributed by atoms with van der Waals surface area (Å²) in [6.45, 7) is 0. The first-order valence-corrected chi connectivity index (χ1v) is 5.87. The van der Waals surface area contributed by atoms with Crippen LogP contribution in [-0.2, 0) is 16.0 Å². The molecule has 8 heteroatoms. The van der Waals surface area contributed by atoms with Crippen molar-refractivity contribution in [3.05, 3.63) is 23.3 Å². The van der Waals surface area contributed by atoms with Gasteiger partial charge in [0.1, 0.15) is 11.3 Å². The Labute approximate surface area is 95.8 Å². The Morgan fingerprint density at radius 1 is 1.38 bits per heavy atom. The molecule has 1 rings (SSSR count). The number of hydrogen-bond donors (Lipinski definition) is 3. The summed E-state index contributed by atoms with van der Waals surface area (Å²) in [5.74, 6) is -2.42. The molecule has 0 fully saturated rings. The molecule has 0 saturated carbocycles. The number of carboxylic acid groups (broad SMARTS) is 1. The van der Waals surface area contributed by atoms with Crippen LogP contribution in [0.2, 0.25) is 0 Å². The largest absolute Gasteiger partial charge is 0.507 e. The first-order chi connectivity index (χ1) is 7.27. The van der Waals surface area contributed by atoms with Crippen LogP contribution in [0.5, 0.6) is 5.75 Å². The minimum atomic E-state index is -4.54. The first kappa shape index (κ1) is 12.8. The highest BCUT2D eigenvalue weighted by Gasteiger charge is 2.20. The predicted molar refractivity (Wildman–Crippen MR) is 54.4 cm³/mol. The Morgan fingerprint density at radius 2 is 1.94 bits per heavy atom. The van der Waals surface area contributed by atoms with Gasteiger partial charge in [-0.25, -0.2) is 4.79 Å². The number of aromatic carboxylic acids is 1. The zero-order valence-electron chi connectivity index (χ0n) is 7.71. The van der Waals surface area contributed by atoms with Gasteiger partial charge in [-0.2, -0.15) is 8.42 Å². The lowest BCUT2D eigenvalue weighted by molar-refractivity contribution is 0.0693. The van der Waals surface area contributed by atoms with Gasteiger partial charge < -0.3 is 10.2 Å². The Morgan fingerprint density at radius 3 is 2.31 bits per heavy atom. The van der Waals surface area contributed by atoms with Crippen molar-refractivity contribution in [2.75, 3.05) is 0 Å². The molecule has 0 aromatic heterocycles. The van der Waals surface area contributed by atoms with Gasteiger partial charge in [0.25, 0.3) is 10.1 Å². The number of halogens is 1. The van der Waals surface area contributed by atoms with E-state index in [4.69, 9.17) is 21.3 Å².